The minimum absolute atomic E-state index is 0.148. The molecule has 17 heteroatoms. The van der Waals surface area contributed by atoms with Crippen LogP contribution in [0.1, 0.15) is 72.9 Å². The number of carbonyl (C=O) groups excluding carboxylic acids is 1. The molecule has 1 fully saturated rings. The maximum Gasteiger partial charge on any atom is 0.475 e. The zero-order valence-corrected chi connectivity index (χ0v) is 32.6. The number of fused-ring (bicyclic) bond motifs is 1. The molecule has 294 valence electrons. The molecule has 1 aliphatic carbocycles. The average Bonchev–Trinajstić information content (AvgIpc) is 3.48. The smallest absolute Gasteiger partial charge is 0.475 e. The van der Waals surface area contributed by atoms with Crippen molar-refractivity contribution in [1.29, 1.82) is 0 Å². The number of hydrogen-bond acceptors (Lipinski definition) is 12. The Hall–Kier alpha value is -4.21. The first-order valence-electron chi connectivity index (χ1n) is 17.9. The molecule has 0 saturated heterocycles. The summed E-state index contributed by atoms with van der Waals surface area (Å²) < 4.78 is 70.0. The Bertz CT molecular complexity index is 1930. The monoisotopic (exact) mass is 773 g/mol. The summed E-state index contributed by atoms with van der Waals surface area (Å²) in [6, 6.07) is 8.89. The number of benzene rings is 2. The molecule has 1 saturated carbocycles. The van der Waals surface area contributed by atoms with E-state index >= 15 is 0 Å². The predicted octanol–water partition coefficient (Wildman–Crippen LogP) is 7.85. The van der Waals surface area contributed by atoms with Gasteiger partial charge in [0.1, 0.15) is 12.1 Å². The van der Waals surface area contributed by atoms with Crippen molar-refractivity contribution in [2.45, 2.75) is 90.9 Å². The van der Waals surface area contributed by atoms with Crippen LogP contribution in [0.3, 0.4) is 0 Å². The van der Waals surface area contributed by atoms with Crippen molar-refractivity contribution in [1.82, 2.24) is 25.5 Å². The van der Waals surface area contributed by atoms with Gasteiger partial charge in [-0.25, -0.2) is 23.3 Å². The SMILES string of the molecule is COc1cc2c(Nc3cc(CC(=O)Nc4cccc(F)c4F)[nH]n3)ncnc2cc1OCCC(NCCOP(=O)(OC(C)(C)C)OC(C)(C)C)C1CCC1. The molecule has 4 aromatic rings. The first-order chi connectivity index (χ1) is 25.5. The number of amides is 1. The number of methoxy groups -OCH3 is 1. The highest BCUT2D eigenvalue weighted by molar-refractivity contribution is 7.48. The lowest BCUT2D eigenvalue weighted by Gasteiger charge is -2.35. The van der Waals surface area contributed by atoms with Gasteiger partial charge in [0.2, 0.25) is 5.91 Å². The largest absolute Gasteiger partial charge is 0.493 e. The van der Waals surface area contributed by atoms with E-state index in [1.807, 2.05) is 0 Å². The molecule has 5 rings (SSSR count). The molecule has 2 aromatic carbocycles. The number of phosphoric acid groups is 1. The van der Waals surface area contributed by atoms with Crippen LogP contribution >= 0.6 is 7.82 Å². The minimum atomic E-state index is -3.80. The number of aromatic amines is 1. The fourth-order valence-corrected chi connectivity index (χ4v) is 7.63. The van der Waals surface area contributed by atoms with Gasteiger partial charge in [-0.05, 0) is 84.9 Å². The van der Waals surface area contributed by atoms with Gasteiger partial charge in [-0.1, -0.05) is 12.5 Å². The summed E-state index contributed by atoms with van der Waals surface area (Å²) in [6.07, 6.45) is 5.37. The third-order valence-electron chi connectivity index (χ3n) is 8.31. The van der Waals surface area contributed by atoms with Gasteiger partial charge in [0, 0.05) is 35.8 Å². The molecular weight excluding hydrogens is 723 g/mol. The van der Waals surface area contributed by atoms with E-state index in [9.17, 15) is 18.1 Å². The minimum Gasteiger partial charge on any atom is -0.493 e. The fourth-order valence-electron chi connectivity index (χ4n) is 5.83. The maximum absolute atomic E-state index is 14.0. The van der Waals surface area contributed by atoms with Gasteiger partial charge < -0.3 is 25.4 Å². The Balaban J connectivity index is 1.18. The molecule has 54 heavy (non-hydrogen) atoms. The summed E-state index contributed by atoms with van der Waals surface area (Å²) >= 11 is 0. The summed E-state index contributed by atoms with van der Waals surface area (Å²) in [5.74, 6) is -0.423. The number of rotatable bonds is 18. The summed E-state index contributed by atoms with van der Waals surface area (Å²) in [6.45, 7) is 11.8. The van der Waals surface area contributed by atoms with Crippen LogP contribution in [-0.2, 0) is 29.4 Å². The van der Waals surface area contributed by atoms with Gasteiger partial charge in [-0.15, -0.1) is 0 Å². The van der Waals surface area contributed by atoms with E-state index in [-0.39, 0.29) is 24.8 Å². The molecule has 0 radical (unpaired) electrons. The zero-order chi connectivity index (χ0) is 39.1. The zero-order valence-electron chi connectivity index (χ0n) is 31.8. The molecule has 2 heterocycles. The number of phosphoric ester groups is 1. The highest BCUT2D eigenvalue weighted by Gasteiger charge is 2.37. The fraction of sp³-hybridized carbons (Fsp3) is 0.514. The van der Waals surface area contributed by atoms with E-state index in [2.05, 4.69) is 36.1 Å². The summed E-state index contributed by atoms with van der Waals surface area (Å²) in [5.41, 5.74) is -0.638. The highest BCUT2D eigenvalue weighted by Crippen LogP contribution is 2.55. The lowest BCUT2D eigenvalue weighted by Crippen LogP contribution is -2.42. The van der Waals surface area contributed by atoms with Crippen molar-refractivity contribution in [2.75, 3.05) is 37.5 Å². The van der Waals surface area contributed by atoms with Crippen LogP contribution in [0.2, 0.25) is 0 Å². The van der Waals surface area contributed by atoms with E-state index in [1.54, 1.807) is 66.9 Å². The van der Waals surface area contributed by atoms with Gasteiger partial charge in [0.05, 0.1) is 49.2 Å². The normalized spacial score (nSPS) is 14.5. The number of anilines is 3. The van der Waals surface area contributed by atoms with Crippen LogP contribution in [0, 0.1) is 17.6 Å². The Labute approximate surface area is 314 Å². The van der Waals surface area contributed by atoms with E-state index < -0.39 is 36.6 Å². The number of ether oxygens (including phenoxy) is 2. The van der Waals surface area contributed by atoms with Gasteiger partial charge >= 0.3 is 7.82 Å². The van der Waals surface area contributed by atoms with Crippen molar-refractivity contribution in [3.05, 3.63) is 60.1 Å². The van der Waals surface area contributed by atoms with Gasteiger partial charge in [-0.2, -0.15) is 5.10 Å². The number of aromatic nitrogens is 4. The molecule has 4 N–H and O–H groups in total. The second-order valence-corrected chi connectivity index (χ2v) is 16.6. The lowest BCUT2D eigenvalue weighted by molar-refractivity contribution is -0.115. The van der Waals surface area contributed by atoms with E-state index in [4.69, 9.17) is 23.0 Å². The number of nitrogens with zero attached hydrogens (tertiary/aromatic N) is 3. The quantitative estimate of drug-likeness (QED) is 0.0571. The predicted molar refractivity (Wildman–Crippen MR) is 201 cm³/mol. The molecule has 0 spiro atoms. The molecule has 1 atom stereocenters. The first-order valence-corrected chi connectivity index (χ1v) is 19.4. The van der Waals surface area contributed by atoms with Gasteiger partial charge in [0.25, 0.3) is 0 Å². The third-order valence-corrected chi connectivity index (χ3v) is 10.4. The Kier molecular flexibility index (Phi) is 13.3. The van der Waals surface area contributed by atoms with Gasteiger partial charge in [0.15, 0.2) is 29.0 Å². The number of H-pyrrole nitrogens is 1. The van der Waals surface area contributed by atoms with Crippen LogP contribution in [-0.4, -0.2) is 70.2 Å². The Morgan fingerprint density at radius 2 is 1.76 bits per heavy atom. The molecule has 0 bridgehead atoms. The van der Waals surface area contributed by atoms with Crippen LogP contribution in [0.4, 0.5) is 26.1 Å². The van der Waals surface area contributed by atoms with Crippen LogP contribution < -0.4 is 25.4 Å². The second kappa shape index (κ2) is 17.5. The first kappa shape index (κ1) is 41.0. The third kappa shape index (κ3) is 11.6. The molecule has 1 amide bonds. The van der Waals surface area contributed by atoms with Crippen LogP contribution in [0.15, 0.2) is 42.7 Å². The van der Waals surface area contributed by atoms with E-state index in [0.29, 0.717) is 65.2 Å². The van der Waals surface area contributed by atoms with Crippen molar-refractivity contribution < 1.29 is 41.2 Å². The van der Waals surface area contributed by atoms with Crippen LogP contribution in [0.25, 0.3) is 10.9 Å². The molecule has 1 aliphatic rings. The summed E-state index contributed by atoms with van der Waals surface area (Å²) in [7, 11) is -2.25. The average molecular weight is 774 g/mol. The Morgan fingerprint density at radius 1 is 1.02 bits per heavy atom. The standard InChI is InChI=1S/C37H50F2N7O7P/c1-36(2,3)52-54(48,53-37(4,5)6)51-17-15-40-27(23-10-8-11-23)14-16-50-31-21-29-25(20-30(31)49-7)35(42-22-41-29)44-32-18-24(45-46-32)19-33(47)43-28-13-9-12-26(38)34(28)39/h9,12-13,18,20-23,27,40H,8,10-11,14-17,19H2,1-7H3,(H,43,47)(H2,41,42,44,45,46). The number of carbonyl (C=O) groups is 1. The molecule has 14 nitrogen and oxygen atoms in total. The molecule has 1 unspecified atom stereocenters. The van der Waals surface area contributed by atoms with Crippen molar-refractivity contribution in [3.63, 3.8) is 0 Å². The topological polar surface area (TPSA) is 171 Å². The summed E-state index contributed by atoms with van der Waals surface area (Å²) in [4.78, 5) is 21.3. The number of nitrogens with one attached hydrogen (secondary N) is 4. The highest BCUT2D eigenvalue weighted by atomic mass is 31.2. The summed E-state index contributed by atoms with van der Waals surface area (Å²) in [5, 5.41) is 16.7. The maximum atomic E-state index is 14.0. The van der Waals surface area contributed by atoms with E-state index in [0.717, 1.165) is 18.9 Å². The van der Waals surface area contributed by atoms with E-state index in [1.165, 1.54) is 24.9 Å². The molecule has 2 aromatic heterocycles. The number of hydrogen-bond donors (Lipinski definition) is 4. The lowest BCUT2D eigenvalue weighted by atomic mass is 9.78. The van der Waals surface area contributed by atoms with Crippen molar-refractivity contribution in [3.8, 4) is 11.5 Å². The van der Waals surface area contributed by atoms with Crippen molar-refractivity contribution in [2.24, 2.45) is 5.92 Å². The second-order valence-electron chi connectivity index (χ2n) is 15.0. The van der Waals surface area contributed by atoms with Crippen LogP contribution in [0.5, 0.6) is 11.5 Å². The molecule has 0 aliphatic heterocycles. The molecular formula is C37H50F2N7O7P. The van der Waals surface area contributed by atoms with Gasteiger partial charge in [-0.3, -0.25) is 23.5 Å². The van der Waals surface area contributed by atoms with Crippen molar-refractivity contribution >= 4 is 42.0 Å². The Morgan fingerprint density at radius 3 is 2.43 bits per heavy atom. The number of halogens is 2.